The number of benzene rings is 1. The number of carbonyl (C=O) groups excluding carboxylic acids is 1. The maximum Gasteiger partial charge on any atom is 0.337 e. The number of carbonyl (C=O) groups is 1. The lowest BCUT2D eigenvalue weighted by molar-refractivity contribution is -0.136. The van der Waals surface area contributed by atoms with Crippen molar-refractivity contribution in [1.82, 2.24) is 10.2 Å². The zero-order valence-corrected chi connectivity index (χ0v) is 14.9. The number of hydrogen-bond acceptors (Lipinski definition) is 5. The molecule has 1 saturated carbocycles. The molecule has 0 radical (unpaired) electrons. The maximum absolute atomic E-state index is 12.4. The number of rotatable bonds is 5. The normalized spacial score (nSPS) is 20.0. The molecule has 1 aromatic carbocycles. The first-order valence-electron chi connectivity index (χ1n) is 8.05. The van der Waals surface area contributed by atoms with E-state index in [2.05, 4.69) is 5.32 Å². The minimum atomic E-state index is -0.375. The molecule has 0 amide bonds. The zero-order valence-electron chi connectivity index (χ0n) is 14.1. The van der Waals surface area contributed by atoms with Gasteiger partial charge in [-0.2, -0.15) is 5.26 Å². The molecule has 1 atom stereocenters. The number of nitrogens with one attached hydrogen (secondary N) is 1. The molecule has 1 aliphatic carbocycles. The molecule has 0 saturated heterocycles. The van der Waals surface area contributed by atoms with Crippen molar-refractivity contribution in [3.63, 3.8) is 0 Å². The number of thiocarbonyl (C=S) groups is 1. The molecule has 0 aromatic heterocycles. The van der Waals surface area contributed by atoms with Gasteiger partial charge in [0, 0.05) is 11.7 Å². The van der Waals surface area contributed by atoms with Gasteiger partial charge in [0.15, 0.2) is 11.7 Å². The van der Waals surface area contributed by atoms with E-state index in [1.807, 2.05) is 30.0 Å². The van der Waals surface area contributed by atoms with Gasteiger partial charge in [-0.1, -0.05) is 12.1 Å². The highest BCUT2D eigenvalue weighted by Gasteiger charge is 2.40. The largest absolute Gasteiger partial charge is 0.479 e. The first-order valence-corrected chi connectivity index (χ1v) is 8.46. The average molecular weight is 357 g/mol. The Balaban J connectivity index is 1.94. The molecule has 1 fully saturated rings. The third-order valence-corrected chi connectivity index (χ3v) is 4.68. The second-order valence-electron chi connectivity index (χ2n) is 5.99. The molecule has 1 aromatic rings. The van der Waals surface area contributed by atoms with Crippen LogP contribution in [0, 0.1) is 11.3 Å². The van der Waals surface area contributed by atoms with Crippen LogP contribution in [0.1, 0.15) is 31.4 Å². The third kappa shape index (κ3) is 3.44. The number of allylic oxidation sites excluding steroid dienone is 1. The van der Waals surface area contributed by atoms with Gasteiger partial charge in [-0.15, -0.1) is 0 Å². The highest BCUT2D eigenvalue weighted by Crippen LogP contribution is 2.38. The quantitative estimate of drug-likeness (QED) is 0.641. The molecule has 0 unspecified atom stereocenters. The summed E-state index contributed by atoms with van der Waals surface area (Å²) in [5.41, 5.74) is 2.28. The number of hydrogen-bond donors (Lipinski definition) is 1. The molecule has 0 bridgehead atoms. The van der Waals surface area contributed by atoms with E-state index in [4.69, 9.17) is 27.0 Å². The smallest absolute Gasteiger partial charge is 0.337 e. The fourth-order valence-electron chi connectivity index (χ4n) is 3.03. The van der Waals surface area contributed by atoms with Crippen molar-refractivity contribution >= 4 is 23.3 Å². The molecule has 0 spiro atoms. The molecule has 1 aliphatic heterocycles. The minimum absolute atomic E-state index is 0.00607. The fourth-order valence-corrected chi connectivity index (χ4v) is 3.43. The van der Waals surface area contributed by atoms with Crippen molar-refractivity contribution in [2.45, 2.75) is 31.8 Å². The van der Waals surface area contributed by atoms with Gasteiger partial charge in [-0.3, -0.25) is 0 Å². The fraction of sp³-hybridized carbons (Fsp3) is 0.389. The Hall–Kier alpha value is -2.59. The summed E-state index contributed by atoms with van der Waals surface area (Å²) in [7, 11) is 1.38. The maximum atomic E-state index is 12.4. The van der Waals surface area contributed by atoms with Gasteiger partial charge in [0.2, 0.25) is 0 Å². The van der Waals surface area contributed by atoms with Gasteiger partial charge in [0.05, 0.1) is 18.7 Å². The van der Waals surface area contributed by atoms with Crippen molar-refractivity contribution in [2.75, 3.05) is 13.7 Å². The summed E-state index contributed by atoms with van der Waals surface area (Å²) < 4.78 is 10.3. The van der Waals surface area contributed by atoms with Crippen LogP contribution in [0.2, 0.25) is 0 Å². The van der Waals surface area contributed by atoms with Crippen LogP contribution in [0.25, 0.3) is 0 Å². The summed E-state index contributed by atoms with van der Waals surface area (Å²) in [6.07, 6.45) is 2.15. The standard InChI is InChI=1S/C18H19N3O3S/c1-11-15(17(22)23-2)16(20-18(25)21(11)13-5-6-13)12-3-7-14(8-4-12)24-10-9-19/h3-4,7-8,13,16H,5-6,10H2,1-2H3,(H,20,25)/t16-/m1/s1. The first-order chi connectivity index (χ1) is 12.1. The number of nitrogens with zero attached hydrogens (tertiary/aromatic N) is 2. The van der Waals surface area contributed by atoms with Crippen LogP contribution < -0.4 is 10.1 Å². The number of nitriles is 1. The molecular formula is C18H19N3O3S. The minimum Gasteiger partial charge on any atom is -0.479 e. The molecule has 3 rings (SSSR count). The van der Waals surface area contributed by atoms with E-state index in [1.165, 1.54) is 7.11 Å². The van der Waals surface area contributed by atoms with E-state index in [0.717, 1.165) is 24.1 Å². The summed E-state index contributed by atoms with van der Waals surface area (Å²) in [5, 5.41) is 12.5. The van der Waals surface area contributed by atoms with E-state index < -0.39 is 0 Å². The second kappa shape index (κ2) is 7.11. The van der Waals surface area contributed by atoms with Crippen LogP contribution in [0.3, 0.4) is 0 Å². The van der Waals surface area contributed by atoms with E-state index in [1.54, 1.807) is 12.1 Å². The van der Waals surface area contributed by atoms with Gasteiger partial charge in [-0.05, 0) is 49.7 Å². The number of methoxy groups -OCH3 is 1. The Labute approximate surface area is 152 Å². The average Bonchev–Trinajstić information content (AvgIpc) is 3.44. The van der Waals surface area contributed by atoms with E-state index in [-0.39, 0.29) is 18.6 Å². The van der Waals surface area contributed by atoms with Crippen molar-refractivity contribution in [1.29, 1.82) is 5.26 Å². The lowest BCUT2D eigenvalue weighted by Gasteiger charge is -2.37. The van der Waals surface area contributed by atoms with Crippen molar-refractivity contribution < 1.29 is 14.3 Å². The molecule has 6 nitrogen and oxygen atoms in total. The number of esters is 1. The van der Waals surface area contributed by atoms with Gasteiger partial charge in [0.1, 0.15) is 11.8 Å². The molecule has 130 valence electrons. The Morgan fingerprint density at radius 2 is 2.08 bits per heavy atom. The predicted molar refractivity (Wildman–Crippen MR) is 95.6 cm³/mol. The van der Waals surface area contributed by atoms with Gasteiger partial charge >= 0.3 is 5.97 Å². The third-order valence-electron chi connectivity index (χ3n) is 4.36. The molecule has 1 N–H and O–H groups in total. The van der Waals surface area contributed by atoms with Crippen LogP contribution in [0.5, 0.6) is 5.75 Å². The van der Waals surface area contributed by atoms with Crippen molar-refractivity contribution in [2.24, 2.45) is 0 Å². The van der Waals surface area contributed by atoms with Gasteiger partial charge < -0.3 is 19.7 Å². The molecule has 1 heterocycles. The molecule has 7 heteroatoms. The lowest BCUT2D eigenvalue weighted by Crippen LogP contribution is -2.48. The Morgan fingerprint density at radius 3 is 2.64 bits per heavy atom. The Kier molecular flexibility index (Phi) is 4.91. The molecular weight excluding hydrogens is 338 g/mol. The van der Waals surface area contributed by atoms with Gasteiger partial charge in [0.25, 0.3) is 0 Å². The van der Waals surface area contributed by atoms with Crippen LogP contribution in [0.15, 0.2) is 35.5 Å². The SMILES string of the molecule is COC(=O)C1=C(C)N(C2CC2)C(=S)N[C@@H]1c1ccc(OCC#N)cc1. The summed E-state index contributed by atoms with van der Waals surface area (Å²) in [6.45, 7) is 1.91. The van der Waals surface area contributed by atoms with Crippen LogP contribution in [-0.4, -0.2) is 35.7 Å². The van der Waals surface area contributed by atoms with Crippen LogP contribution in [0.4, 0.5) is 0 Å². The molecule has 25 heavy (non-hydrogen) atoms. The summed E-state index contributed by atoms with van der Waals surface area (Å²) in [5.74, 6) is 0.233. The first kappa shape index (κ1) is 17.2. The summed E-state index contributed by atoms with van der Waals surface area (Å²) >= 11 is 5.52. The van der Waals surface area contributed by atoms with Gasteiger partial charge in [-0.25, -0.2) is 4.79 Å². The second-order valence-corrected chi connectivity index (χ2v) is 6.38. The van der Waals surface area contributed by atoms with Crippen LogP contribution >= 0.6 is 12.2 Å². The monoisotopic (exact) mass is 357 g/mol. The number of ether oxygens (including phenoxy) is 2. The Bertz CT molecular complexity index is 763. The highest BCUT2D eigenvalue weighted by molar-refractivity contribution is 7.80. The van der Waals surface area contributed by atoms with Crippen molar-refractivity contribution in [3.05, 3.63) is 41.1 Å². The van der Waals surface area contributed by atoms with Crippen LogP contribution in [-0.2, 0) is 9.53 Å². The lowest BCUT2D eigenvalue weighted by atomic mass is 9.95. The summed E-state index contributed by atoms with van der Waals surface area (Å²) in [4.78, 5) is 14.4. The molecule has 2 aliphatic rings. The van der Waals surface area contributed by atoms with E-state index >= 15 is 0 Å². The predicted octanol–water partition coefficient (Wildman–Crippen LogP) is 2.43. The van der Waals surface area contributed by atoms with E-state index in [9.17, 15) is 4.79 Å². The highest BCUT2D eigenvalue weighted by atomic mass is 32.1. The Morgan fingerprint density at radius 1 is 1.40 bits per heavy atom. The topological polar surface area (TPSA) is 74.6 Å². The van der Waals surface area contributed by atoms with E-state index in [0.29, 0.717) is 22.5 Å². The zero-order chi connectivity index (χ0) is 18.0. The van der Waals surface area contributed by atoms with Crippen molar-refractivity contribution in [3.8, 4) is 11.8 Å². The summed E-state index contributed by atoms with van der Waals surface area (Å²) in [6, 6.07) is 9.18.